The van der Waals surface area contributed by atoms with Gasteiger partial charge in [0.1, 0.15) is 0 Å². The van der Waals surface area contributed by atoms with Gasteiger partial charge >= 0.3 is 24.0 Å². The van der Waals surface area contributed by atoms with Gasteiger partial charge in [-0.05, 0) is 31.6 Å². The maximum atomic E-state index is 12.6. The highest BCUT2D eigenvalue weighted by molar-refractivity contribution is 5.78. The van der Waals surface area contributed by atoms with E-state index in [4.69, 9.17) is 0 Å². The van der Waals surface area contributed by atoms with Crippen molar-refractivity contribution < 1.29 is 41.0 Å². The van der Waals surface area contributed by atoms with Gasteiger partial charge in [0, 0.05) is 0 Å². The zero-order chi connectivity index (χ0) is 16.3. The Labute approximate surface area is 117 Å². The third kappa shape index (κ3) is 4.28. The summed E-state index contributed by atoms with van der Waals surface area (Å²) in [6.07, 6.45) is -4.34. The Morgan fingerprint density at radius 1 is 1.05 bits per heavy atom. The second-order valence-electron chi connectivity index (χ2n) is 4.91. The lowest BCUT2D eigenvalue weighted by atomic mass is 9.82. The van der Waals surface area contributed by atoms with Crippen LogP contribution in [0.1, 0.15) is 25.7 Å². The van der Waals surface area contributed by atoms with Crippen molar-refractivity contribution >= 4 is 11.9 Å². The van der Waals surface area contributed by atoms with Crippen LogP contribution in [-0.4, -0.2) is 37.8 Å². The van der Waals surface area contributed by atoms with E-state index >= 15 is 0 Å². The van der Waals surface area contributed by atoms with Crippen molar-refractivity contribution in [2.45, 2.75) is 37.8 Å². The van der Waals surface area contributed by atoms with Crippen molar-refractivity contribution in [1.82, 2.24) is 0 Å². The summed E-state index contributed by atoms with van der Waals surface area (Å²) in [5.74, 6) is -9.12. The Hall–Kier alpha value is -1.41. The summed E-state index contributed by atoms with van der Waals surface area (Å²) in [5.41, 5.74) is 0. The third-order valence-corrected chi connectivity index (χ3v) is 3.44. The quantitative estimate of drug-likeness (QED) is 0.591. The van der Waals surface area contributed by atoms with Crippen LogP contribution in [0.2, 0.25) is 0 Å². The minimum Gasteiger partial charge on any atom is -0.469 e. The van der Waals surface area contributed by atoms with Crippen molar-refractivity contribution in [2.75, 3.05) is 13.7 Å². The van der Waals surface area contributed by atoms with Crippen LogP contribution >= 0.6 is 0 Å². The fourth-order valence-electron chi connectivity index (χ4n) is 2.13. The Balaban J connectivity index is 2.41. The average molecular weight is 318 g/mol. The third-order valence-electron chi connectivity index (χ3n) is 3.44. The van der Waals surface area contributed by atoms with E-state index in [1.54, 1.807) is 0 Å². The normalized spacial score (nSPS) is 23.5. The van der Waals surface area contributed by atoms with Crippen LogP contribution in [0.4, 0.5) is 22.0 Å². The molecule has 0 spiro atoms. The van der Waals surface area contributed by atoms with Crippen molar-refractivity contribution in [2.24, 2.45) is 11.8 Å². The molecule has 0 atom stereocenters. The average Bonchev–Trinajstić information content (AvgIpc) is 2.43. The van der Waals surface area contributed by atoms with Crippen molar-refractivity contribution in [3.8, 4) is 0 Å². The van der Waals surface area contributed by atoms with Gasteiger partial charge in [-0.15, -0.1) is 0 Å². The van der Waals surface area contributed by atoms with Gasteiger partial charge in [0.25, 0.3) is 0 Å². The summed E-state index contributed by atoms with van der Waals surface area (Å²) in [5, 5.41) is 0. The number of alkyl halides is 5. The molecule has 1 rings (SSSR count). The molecule has 0 aliphatic heterocycles. The molecule has 21 heavy (non-hydrogen) atoms. The number of esters is 2. The molecule has 122 valence electrons. The van der Waals surface area contributed by atoms with Crippen LogP contribution < -0.4 is 0 Å². The van der Waals surface area contributed by atoms with Crippen molar-refractivity contribution in [1.29, 1.82) is 0 Å². The monoisotopic (exact) mass is 318 g/mol. The summed E-state index contributed by atoms with van der Waals surface area (Å²) >= 11 is 0. The predicted octanol–water partition coefficient (Wildman–Crippen LogP) is 2.71. The van der Waals surface area contributed by atoms with Crippen LogP contribution in [-0.2, 0) is 19.1 Å². The Bertz CT molecular complexity index is 386. The zero-order valence-electron chi connectivity index (χ0n) is 11.2. The number of ether oxygens (including phenoxy) is 2. The van der Waals surface area contributed by atoms with Gasteiger partial charge in [-0.1, -0.05) is 0 Å². The maximum absolute atomic E-state index is 12.6. The van der Waals surface area contributed by atoms with E-state index in [9.17, 15) is 31.5 Å². The summed E-state index contributed by atoms with van der Waals surface area (Å²) in [6, 6.07) is 0. The Kier molecular flexibility index (Phi) is 5.52. The van der Waals surface area contributed by atoms with E-state index in [1.165, 1.54) is 7.11 Å². The van der Waals surface area contributed by atoms with E-state index in [-0.39, 0.29) is 17.8 Å². The fraction of sp³-hybridized carbons (Fsp3) is 0.833. The molecule has 0 aromatic heterocycles. The molecule has 0 unspecified atom stereocenters. The second-order valence-corrected chi connectivity index (χ2v) is 4.91. The summed E-state index contributed by atoms with van der Waals surface area (Å²) in [4.78, 5) is 22.1. The highest BCUT2D eigenvalue weighted by Crippen LogP contribution is 2.37. The van der Waals surface area contributed by atoms with Crippen LogP contribution in [0.3, 0.4) is 0 Å². The summed E-state index contributed by atoms with van der Waals surface area (Å²) in [7, 11) is 1.25. The molecule has 0 saturated heterocycles. The molecule has 1 aliphatic carbocycles. The van der Waals surface area contributed by atoms with Gasteiger partial charge in [0.05, 0.1) is 19.6 Å². The molecule has 0 amide bonds. The van der Waals surface area contributed by atoms with E-state index in [0.29, 0.717) is 25.7 Å². The lowest BCUT2D eigenvalue weighted by Crippen LogP contribution is -2.45. The SMILES string of the molecule is COC(=O)C1CCC(COC(=O)C(F)(F)C(F)(F)F)CC1. The molecule has 1 aliphatic rings. The van der Waals surface area contributed by atoms with Gasteiger partial charge in [-0.3, -0.25) is 4.79 Å². The molecule has 0 radical (unpaired) electrons. The molecule has 0 bridgehead atoms. The van der Waals surface area contributed by atoms with E-state index in [0.717, 1.165) is 0 Å². The van der Waals surface area contributed by atoms with E-state index in [1.807, 2.05) is 0 Å². The predicted molar refractivity (Wildman–Crippen MR) is 59.4 cm³/mol. The van der Waals surface area contributed by atoms with Crippen LogP contribution in [0.15, 0.2) is 0 Å². The smallest absolute Gasteiger partial charge is 0.465 e. The molecule has 0 N–H and O–H groups in total. The zero-order valence-corrected chi connectivity index (χ0v) is 11.2. The van der Waals surface area contributed by atoms with Crippen LogP contribution in [0, 0.1) is 11.8 Å². The molecule has 1 saturated carbocycles. The summed E-state index contributed by atoms with van der Waals surface area (Å²) < 4.78 is 69.7. The molecular formula is C12H15F5O4. The van der Waals surface area contributed by atoms with Gasteiger partial charge in [0.15, 0.2) is 0 Å². The molecule has 0 aromatic carbocycles. The number of carbonyl (C=O) groups excluding carboxylic acids is 2. The number of carbonyl (C=O) groups is 2. The van der Waals surface area contributed by atoms with Gasteiger partial charge in [-0.2, -0.15) is 22.0 Å². The van der Waals surface area contributed by atoms with Crippen molar-refractivity contribution in [3.05, 3.63) is 0 Å². The van der Waals surface area contributed by atoms with Crippen molar-refractivity contribution in [3.63, 3.8) is 0 Å². The molecule has 4 nitrogen and oxygen atoms in total. The standard InChI is InChI=1S/C12H15F5O4/c1-20-9(18)8-4-2-7(3-5-8)6-21-10(19)11(13,14)12(15,16)17/h7-8H,2-6H2,1H3. The first-order chi connectivity index (χ1) is 9.59. The largest absolute Gasteiger partial charge is 0.469 e. The first kappa shape index (κ1) is 17.6. The number of rotatable bonds is 4. The first-order valence-electron chi connectivity index (χ1n) is 6.29. The number of hydrogen-bond donors (Lipinski definition) is 0. The van der Waals surface area contributed by atoms with Gasteiger partial charge < -0.3 is 9.47 Å². The second kappa shape index (κ2) is 6.57. The Morgan fingerprint density at radius 3 is 2.00 bits per heavy atom. The number of halogens is 5. The maximum Gasteiger partial charge on any atom is 0.465 e. The van der Waals surface area contributed by atoms with Gasteiger partial charge in [0.2, 0.25) is 0 Å². The van der Waals surface area contributed by atoms with Crippen LogP contribution in [0.25, 0.3) is 0 Å². The first-order valence-corrected chi connectivity index (χ1v) is 6.29. The van der Waals surface area contributed by atoms with E-state index < -0.39 is 24.7 Å². The molecule has 0 aromatic rings. The van der Waals surface area contributed by atoms with E-state index in [2.05, 4.69) is 9.47 Å². The summed E-state index contributed by atoms with van der Waals surface area (Å²) in [6.45, 7) is -0.515. The topological polar surface area (TPSA) is 52.6 Å². The minimum atomic E-state index is -5.97. The lowest BCUT2D eigenvalue weighted by molar-refractivity contribution is -0.280. The molecule has 9 heteroatoms. The van der Waals surface area contributed by atoms with Gasteiger partial charge in [-0.25, -0.2) is 4.79 Å². The number of hydrogen-bond acceptors (Lipinski definition) is 4. The lowest BCUT2D eigenvalue weighted by Gasteiger charge is -2.27. The highest BCUT2D eigenvalue weighted by atomic mass is 19.4. The molecule has 1 fully saturated rings. The Morgan fingerprint density at radius 2 is 1.57 bits per heavy atom. The highest BCUT2D eigenvalue weighted by Gasteiger charge is 2.64. The molecule has 0 heterocycles. The fourth-order valence-corrected chi connectivity index (χ4v) is 2.13. The minimum absolute atomic E-state index is 0.307. The molecular weight excluding hydrogens is 303 g/mol. The number of methoxy groups -OCH3 is 1. The van der Waals surface area contributed by atoms with Crippen LogP contribution in [0.5, 0.6) is 0 Å².